The Labute approximate surface area is 178 Å². The quantitative estimate of drug-likeness (QED) is 0.403. The molecule has 0 N–H and O–H groups in total. The average molecular weight is 426 g/mol. The molecular formula is C24H21F3N2O2. The highest BCUT2D eigenvalue weighted by atomic mass is 19.4. The summed E-state index contributed by atoms with van der Waals surface area (Å²) in [5, 5.41) is 0. The van der Waals surface area contributed by atoms with Crippen molar-refractivity contribution < 1.29 is 22.8 Å². The molecule has 1 amide bonds. The topological polar surface area (TPSA) is 50.3 Å². The zero-order valence-corrected chi connectivity index (χ0v) is 17.1. The Morgan fingerprint density at radius 3 is 2.23 bits per heavy atom. The van der Waals surface area contributed by atoms with Crippen molar-refractivity contribution >= 4 is 17.4 Å². The van der Waals surface area contributed by atoms with Gasteiger partial charge in [-0.1, -0.05) is 42.5 Å². The lowest BCUT2D eigenvalue weighted by Gasteiger charge is -2.23. The summed E-state index contributed by atoms with van der Waals surface area (Å²) in [4.78, 5) is 30.6. The third kappa shape index (κ3) is 5.36. The van der Waals surface area contributed by atoms with Gasteiger partial charge < -0.3 is 4.90 Å². The van der Waals surface area contributed by atoms with Crippen molar-refractivity contribution in [2.24, 2.45) is 0 Å². The van der Waals surface area contributed by atoms with Crippen LogP contribution in [0.15, 0.2) is 66.9 Å². The highest BCUT2D eigenvalue weighted by molar-refractivity contribution is 6.47. The molecule has 0 aliphatic rings. The molecule has 1 aromatic heterocycles. The van der Waals surface area contributed by atoms with Crippen molar-refractivity contribution in [1.29, 1.82) is 0 Å². The molecule has 7 heteroatoms. The number of aromatic nitrogens is 1. The Balaban J connectivity index is 1.86. The molecule has 0 aliphatic carbocycles. The smallest absolute Gasteiger partial charge is 0.305 e. The fraction of sp³-hybridized carbons (Fsp3) is 0.208. The molecule has 4 nitrogen and oxygen atoms in total. The van der Waals surface area contributed by atoms with Crippen LogP contribution >= 0.6 is 0 Å². The minimum atomic E-state index is -4.51. The van der Waals surface area contributed by atoms with Gasteiger partial charge in [-0.3, -0.25) is 14.6 Å². The number of anilines is 1. The molecule has 31 heavy (non-hydrogen) atoms. The first-order valence-corrected chi connectivity index (χ1v) is 9.67. The number of hydrogen-bond acceptors (Lipinski definition) is 3. The molecule has 0 atom stereocenters. The van der Waals surface area contributed by atoms with Crippen LogP contribution in [-0.2, 0) is 17.4 Å². The molecule has 0 aliphatic heterocycles. The number of rotatable bonds is 6. The van der Waals surface area contributed by atoms with E-state index in [1.54, 1.807) is 36.4 Å². The van der Waals surface area contributed by atoms with E-state index in [1.807, 2.05) is 26.0 Å². The standard InChI is InChI=1S/C24H21F3N2O2/c1-16-8-10-20(14-17(16)2)29(23(31)22(30)19-6-4-3-5-7-19)13-12-18-9-11-21(28-15-18)24(25,26)27/h3-11,14-15H,12-13H2,1-2H3. The van der Waals surface area contributed by atoms with Crippen molar-refractivity contribution in [2.45, 2.75) is 26.4 Å². The first kappa shape index (κ1) is 22.2. The molecule has 2 aromatic carbocycles. The molecule has 0 fully saturated rings. The molecular weight excluding hydrogens is 405 g/mol. The third-order valence-corrected chi connectivity index (χ3v) is 5.02. The Morgan fingerprint density at radius 2 is 1.65 bits per heavy atom. The summed E-state index contributed by atoms with van der Waals surface area (Å²) in [5.41, 5.74) is 2.38. The molecule has 1 heterocycles. The van der Waals surface area contributed by atoms with Crippen LogP contribution in [0.25, 0.3) is 0 Å². The molecule has 160 valence electrons. The lowest BCUT2D eigenvalue weighted by molar-refractivity contribution is -0.141. The van der Waals surface area contributed by atoms with Gasteiger partial charge in [-0.25, -0.2) is 0 Å². The molecule has 0 saturated carbocycles. The van der Waals surface area contributed by atoms with Gasteiger partial charge in [0.05, 0.1) is 0 Å². The number of halogens is 3. The van der Waals surface area contributed by atoms with Gasteiger partial charge in [0.15, 0.2) is 0 Å². The van der Waals surface area contributed by atoms with Crippen LogP contribution in [0, 0.1) is 13.8 Å². The number of carbonyl (C=O) groups excluding carboxylic acids is 2. The van der Waals surface area contributed by atoms with Gasteiger partial charge in [-0.2, -0.15) is 13.2 Å². The maximum atomic E-state index is 13.1. The predicted molar refractivity (Wildman–Crippen MR) is 112 cm³/mol. The Morgan fingerprint density at radius 1 is 0.935 bits per heavy atom. The van der Waals surface area contributed by atoms with Gasteiger partial charge in [-0.05, 0) is 55.2 Å². The summed E-state index contributed by atoms with van der Waals surface area (Å²) in [6, 6.07) is 15.9. The predicted octanol–water partition coefficient (Wildman–Crippen LogP) is 5.18. The number of ketones is 1. The Kier molecular flexibility index (Phi) is 6.53. The first-order valence-electron chi connectivity index (χ1n) is 9.67. The maximum Gasteiger partial charge on any atom is 0.433 e. The lowest BCUT2D eigenvalue weighted by atomic mass is 10.1. The van der Waals surface area contributed by atoms with Gasteiger partial charge in [-0.15, -0.1) is 0 Å². The molecule has 0 bridgehead atoms. The summed E-state index contributed by atoms with van der Waals surface area (Å²) >= 11 is 0. The van der Waals surface area contributed by atoms with Crippen molar-refractivity contribution in [3.05, 3.63) is 94.8 Å². The third-order valence-electron chi connectivity index (χ3n) is 5.02. The van der Waals surface area contributed by atoms with Gasteiger partial charge in [0.2, 0.25) is 0 Å². The van der Waals surface area contributed by atoms with Crippen LogP contribution in [0.5, 0.6) is 0 Å². The Hall–Kier alpha value is -3.48. The SMILES string of the molecule is Cc1ccc(N(CCc2ccc(C(F)(F)F)nc2)C(=O)C(=O)c2ccccc2)cc1C. The molecule has 0 spiro atoms. The van der Waals surface area contributed by atoms with Gasteiger partial charge >= 0.3 is 6.18 Å². The zero-order valence-electron chi connectivity index (χ0n) is 17.1. The second-order valence-corrected chi connectivity index (χ2v) is 7.22. The summed E-state index contributed by atoms with van der Waals surface area (Å²) in [5.74, 6) is -1.35. The highest BCUT2D eigenvalue weighted by Crippen LogP contribution is 2.27. The fourth-order valence-electron chi connectivity index (χ4n) is 3.06. The number of aryl methyl sites for hydroxylation is 2. The van der Waals surface area contributed by atoms with E-state index >= 15 is 0 Å². The zero-order chi connectivity index (χ0) is 22.6. The van der Waals surface area contributed by atoms with E-state index in [0.717, 1.165) is 23.4 Å². The van der Waals surface area contributed by atoms with E-state index in [2.05, 4.69) is 4.98 Å². The van der Waals surface area contributed by atoms with Crippen molar-refractivity contribution in [1.82, 2.24) is 4.98 Å². The van der Waals surface area contributed by atoms with E-state index in [4.69, 9.17) is 0 Å². The number of benzene rings is 2. The molecule has 3 rings (SSSR count). The number of hydrogen-bond donors (Lipinski definition) is 0. The van der Waals surface area contributed by atoms with Gasteiger partial charge in [0.25, 0.3) is 11.7 Å². The largest absolute Gasteiger partial charge is 0.433 e. The van der Waals surface area contributed by atoms with Crippen LogP contribution in [0.3, 0.4) is 0 Å². The molecule has 0 saturated heterocycles. The van der Waals surface area contributed by atoms with Crippen LogP contribution in [0.2, 0.25) is 0 Å². The van der Waals surface area contributed by atoms with Crippen LogP contribution in [0.4, 0.5) is 18.9 Å². The fourth-order valence-corrected chi connectivity index (χ4v) is 3.06. The summed E-state index contributed by atoms with van der Waals surface area (Å²) < 4.78 is 38.2. The van der Waals surface area contributed by atoms with Crippen molar-refractivity contribution in [2.75, 3.05) is 11.4 Å². The number of carbonyl (C=O) groups is 2. The highest BCUT2D eigenvalue weighted by Gasteiger charge is 2.32. The van der Waals surface area contributed by atoms with Crippen LogP contribution < -0.4 is 4.90 Å². The number of amides is 1. The molecule has 0 radical (unpaired) electrons. The number of nitrogens with zero attached hydrogens (tertiary/aromatic N) is 2. The van der Waals surface area contributed by atoms with E-state index in [1.165, 1.54) is 11.0 Å². The van der Waals surface area contributed by atoms with Crippen molar-refractivity contribution in [3.8, 4) is 0 Å². The summed E-state index contributed by atoms with van der Waals surface area (Å²) in [6.45, 7) is 3.96. The second kappa shape index (κ2) is 9.12. The molecule has 0 unspecified atom stereocenters. The first-order chi connectivity index (χ1) is 14.7. The Bertz CT molecular complexity index is 1080. The normalized spacial score (nSPS) is 11.3. The monoisotopic (exact) mass is 426 g/mol. The lowest BCUT2D eigenvalue weighted by Crippen LogP contribution is -2.38. The van der Waals surface area contributed by atoms with Gasteiger partial charge in [0.1, 0.15) is 5.69 Å². The number of pyridine rings is 1. The van der Waals surface area contributed by atoms with Gasteiger partial charge in [0, 0.05) is 24.0 Å². The van der Waals surface area contributed by atoms with E-state index in [0.29, 0.717) is 11.3 Å². The maximum absolute atomic E-state index is 13.1. The van der Waals surface area contributed by atoms with Crippen LogP contribution in [0.1, 0.15) is 32.7 Å². The minimum Gasteiger partial charge on any atom is -0.305 e. The second-order valence-electron chi connectivity index (χ2n) is 7.22. The number of alkyl halides is 3. The average Bonchev–Trinajstić information content (AvgIpc) is 2.76. The summed E-state index contributed by atoms with van der Waals surface area (Å²) in [7, 11) is 0. The minimum absolute atomic E-state index is 0.118. The van der Waals surface area contributed by atoms with E-state index < -0.39 is 23.6 Å². The molecule has 3 aromatic rings. The van der Waals surface area contributed by atoms with E-state index in [9.17, 15) is 22.8 Å². The van der Waals surface area contributed by atoms with Crippen molar-refractivity contribution in [3.63, 3.8) is 0 Å². The number of Topliss-reactive ketones (excluding diaryl/α,β-unsaturated/α-hetero) is 1. The van der Waals surface area contributed by atoms with Crippen LogP contribution in [-0.4, -0.2) is 23.2 Å². The summed E-state index contributed by atoms with van der Waals surface area (Å²) in [6.07, 6.45) is -3.13. The van der Waals surface area contributed by atoms with E-state index in [-0.39, 0.29) is 18.5 Å².